The number of ether oxygens (including phenoxy) is 2. The Morgan fingerprint density at radius 2 is 1.71 bits per heavy atom. The summed E-state index contributed by atoms with van der Waals surface area (Å²) in [5.74, 6) is -1.71. The van der Waals surface area contributed by atoms with E-state index in [9.17, 15) is 23.9 Å². The van der Waals surface area contributed by atoms with Gasteiger partial charge in [0, 0.05) is 0 Å². The third-order valence-electron chi connectivity index (χ3n) is 4.19. The number of rotatable bonds is 10. The van der Waals surface area contributed by atoms with Crippen molar-refractivity contribution in [3.05, 3.63) is 35.9 Å². The summed E-state index contributed by atoms with van der Waals surface area (Å²) in [4.78, 5) is 36.9. The number of amides is 2. The molecule has 0 heterocycles. The minimum absolute atomic E-state index is 0.0287. The highest BCUT2D eigenvalue weighted by atomic mass is 19.1. The summed E-state index contributed by atoms with van der Waals surface area (Å²) in [6.45, 7) is 7.29. The highest BCUT2D eigenvalue weighted by Crippen LogP contribution is 2.12. The van der Waals surface area contributed by atoms with Gasteiger partial charge in [-0.2, -0.15) is 0 Å². The quantitative estimate of drug-likeness (QED) is 0.482. The van der Waals surface area contributed by atoms with Crippen molar-refractivity contribution in [2.75, 3.05) is 6.67 Å². The van der Waals surface area contributed by atoms with Gasteiger partial charge in [0.05, 0.1) is 12.5 Å². The van der Waals surface area contributed by atoms with Crippen LogP contribution in [0.15, 0.2) is 30.3 Å². The van der Waals surface area contributed by atoms with Crippen LogP contribution in [0.4, 0.5) is 9.18 Å². The van der Waals surface area contributed by atoms with Crippen molar-refractivity contribution >= 4 is 18.0 Å². The molecule has 1 aromatic carbocycles. The van der Waals surface area contributed by atoms with Gasteiger partial charge in [-0.05, 0) is 32.3 Å². The Kier molecular flexibility index (Phi) is 10.4. The lowest BCUT2D eigenvalue weighted by atomic mass is 10.0. The summed E-state index contributed by atoms with van der Waals surface area (Å²) in [7, 11) is 0. The first kappa shape index (κ1) is 26.4. The van der Waals surface area contributed by atoms with Gasteiger partial charge in [0.2, 0.25) is 5.91 Å². The van der Waals surface area contributed by atoms with Crippen molar-refractivity contribution < 1.29 is 33.4 Å². The van der Waals surface area contributed by atoms with Gasteiger partial charge in [-0.25, -0.2) is 9.18 Å². The Balaban J connectivity index is 2.74. The van der Waals surface area contributed by atoms with Gasteiger partial charge in [0.15, 0.2) is 0 Å². The molecule has 2 amide bonds. The number of alkyl halides is 1. The fraction of sp³-hybridized carbons (Fsp3) is 0.591. The molecule has 1 rings (SSSR count). The molecule has 3 atom stereocenters. The number of aliphatic hydroxyl groups excluding tert-OH is 1. The number of carbonyl (C=O) groups excluding carboxylic acids is 3. The summed E-state index contributed by atoms with van der Waals surface area (Å²) in [6.07, 6.45) is -2.82. The number of halogens is 1. The molecule has 0 fully saturated rings. The summed E-state index contributed by atoms with van der Waals surface area (Å²) < 4.78 is 23.4. The van der Waals surface area contributed by atoms with Crippen LogP contribution in [0, 0.1) is 5.92 Å². The van der Waals surface area contributed by atoms with E-state index in [0.29, 0.717) is 0 Å². The first-order chi connectivity index (χ1) is 14.4. The Bertz CT molecular complexity index is 720. The molecule has 0 saturated heterocycles. The van der Waals surface area contributed by atoms with E-state index < -0.39 is 54.9 Å². The van der Waals surface area contributed by atoms with Crippen LogP contribution in [-0.2, 0) is 25.7 Å². The van der Waals surface area contributed by atoms with Crippen LogP contribution in [0.3, 0.4) is 0 Å². The average molecular weight is 441 g/mol. The Morgan fingerprint density at radius 1 is 1.10 bits per heavy atom. The molecule has 1 aromatic rings. The predicted molar refractivity (Wildman–Crippen MR) is 113 cm³/mol. The van der Waals surface area contributed by atoms with Gasteiger partial charge in [-0.1, -0.05) is 44.2 Å². The van der Waals surface area contributed by atoms with Crippen LogP contribution in [0.25, 0.3) is 0 Å². The van der Waals surface area contributed by atoms with E-state index >= 15 is 0 Å². The molecule has 31 heavy (non-hydrogen) atoms. The van der Waals surface area contributed by atoms with Crippen molar-refractivity contribution in [2.45, 2.75) is 71.4 Å². The molecule has 0 aliphatic carbocycles. The standard InChI is InChI=1S/C22H33FN2O6/c1-14(2)19(25-21(29)30-13-15-9-7-6-8-10-15)20(28)24-16(17(26)12-23)11-18(27)31-22(3,4)5/h6-10,14,16-17,19,26H,11-13H2,1-5H3,(H,24,28)(H,25,29)/t16?,17?,19-/m0/s1. The molecule has 0 spiro atoms. The van der Waals surface area contributed by atoms with Gasteiger partial charge in [-0.15, -0.1) is 0 Å². The highest BCUT2D eigenvalue weighted by Gasteiger charge is 2.31. The van der Waals surface area contributed by atoms with Gasteiger partial charge in [0.25, 0.3) is 0 Å². The van der Waals surface area contributed by atoms with Crippen molar-refractivity contribution in [2.24, 2.45) is 5.92 Å². The van der Waals surface area contributed by atoms with E-state index in [2.05, 4.69) is 10.6 Å². The van der Waals surface area contributed by atoms with Crippen LogP contribution in [0.1, 0.15) is 46.6 Å². The number of esters is 1. The zero-order valence-corrected chi connectivity index (χ0v) is 18.7. The second-order valence-electron chi connectivity index (χ2n) is 8.56. The maximum atomic E-state index is 13.1. The lowest BCUT2D eigenvalue weighted by molar-refractivity contribution is -0.156. The smallest absolute Gasteiger partial charge is 0.408 e. The van der Waals surface area contributed by atoms with Crippen molar-refractivity contribution in [3.8, 4) is 0 Å². The molecule has 0 aliphatic rings. The average Bonchev–Trinajstić information content (AvgIpc) is 2.68. The van der Waals surface area contributed by atoms with Crippen LogP contribution in [0.2, 0.25) is 0 Å². The summed E-state index contributed by atoms with van der Waals surface area (Å²) in [5.41, 5.74) is 0.0170. The highest BCUT2D eigenvalue weighted by molar-refractivity contribution is 5.86. The fourth-order valence-electron chi connectivity index (χ4n) is 2.65. The maximum absolute atomic E-state index is 13.1. The van der Waals surface area contributed by atoms with Crippen LogP contribution in [0.5, 0.6) is 0 Å². The number of carbonyl (C=O) groups is 3. The third kappa shape index (κ3) is 10.3. The zero-order chi connectivity index (χ0) is 23.6. The second kappa shape index (κ2) is 12.2. The van der Waals surface area contributed by atoms with Gasteiger partial charge in [-0.3, -0.25) is 9.59 Å². The fourth-order valence-corrected chi connectivity index (χ4v) is 2.65. The lowest BCUT2D eigenvalue weighted by Gasteiger charge is -2.28. The van der Waals surface area contributed by atoms with Gasteiger partial charge < -0.3 is 25.2 Å². The molecule has 3 N–H and O–H groups in total. The molecule has 0 bridgehead atoms. The summed E-state index contributed by atoms with van der Waals surface area (Å²) >= 11 is 0. The first-order valence-corrected chi connectivity index (χ1v) is 10.2. The van der Waals surface area contributed by atoms with E-state index in [1.165, 1.54) is 0 Å². The van der Waals surface area contributed by atoms with Crippen LogP contribution in [-0.4, -0.2) is 53.5 Å². The molecule has 174 valence electrons. The number of hydrogen-bond donors (Lipinski definition) is 3. The van der Waals surface area contributed by atoms with Gasteiger partial charge >= 0.3 is 12.1 Å². The third-order valence-corrected chi connectivity index (χ3v) is 4.19. The molecule has 8 nitrogen and oxygen atoms in total. The molecule has 0 saturated carbocycles. The van der Waals surface area contributed by atoms with Crippen LogP contribution >= 0.6 is 0 Å². The molecular weight excluding hydrogens is 407 g/mol. The molecule has 0 radical (unpaired) electrons. The minimum Gasteiger partial charge on any atom is -0.460 e. The first-order valence-electron chi connectivity index (χ1n) is 10.2. The van der Waals surface area contributed by atoms with Gasteiger partial charge in [0.1, 0.15) is 31.0 Å². The minimum atomic E-state index is -1.60. The molecule has 0 aliphatic heterocycles. The number of aliphatic hydroxyl groups is 1. The number of hydrogen-bond acceptors (Lipinski definition) is 6. The molecule has 0 aromatic heterocycles. The maximum Gasteiger partial charge on any atom is 0.408 e. The molecule has 9 heteroatoms. The van der Waals surface area contributed by atoms with E-state index in [1.807, 2.05) is 18.2 Å². The number of alkyl carbamates (subject to hydrolysis) is 1. The predicted octanol–water partition coefficient (Wildman–Crippen LogP) is 2.48. The normalized spacial score (nSPS) is 14.3. The summed E-state index contributed by atoms with van der Waals surface area (Å²) in [5, 5.41) is 14.8. The number of benzene rings is 1. The zero-order valence-electron chi connectivity index (χ0n) is 18.7. The molecular formula is C22H33FN2O6. The number of nitrogens with one attached hydrogen (secondary N) is 2. The van der Waals surface area contributed by atoms with Crippen molar-refractivity contribution in [1.82, 2.24) is 10.6 Å². The van der Waals surface area contributed by atoms with E-state index in [4.69, 9.17) is 9.47 Å². The van der Waals surface area contributed by atoms with E-state index in [1.54, 1.807) is 46.8 Å². The van der Waals surface area contributed by atoms with Crippen molar-refractivity contribution in [3.63, 3.8) is 0 Å². The monoisotopic (exact) mass is 440 g/mol. The SMILES string of the molecule is CC(C)[C@H](NC(=O)OCc1ccccc1)C(=O)NC(CC(=O)OC(C)(C)C)C(O)CF. The molecule has 2 unspecified atom stereocenters. The Morgan fingerprint density at radius 3 is 2.23 bits per heavy atom. The Labute approximate surface area is 182 Å². The van der Waals surface area contributed by atoms with Crippen molar-refractivity contribution in [1.29, 1.82) is 0 Å². The summed E-state index contributed by atoms with van der Waals surface area (Å²) in [6, 6.07) is 6.80. The Hall–Kier alpha value is -2.68. The van der Waals surface area contributed by atoms with E-state index in [-0.39, 0.29) is 12.5 Å². The largest absolute Gasteiger partial charge is 0.460 e. The lowest BCUT2D eigenvalue weighted by Crippen LogP contribution is -2.55. The topological polar surface area (TPSA) is 114 Å². The van der Waals surface area contributed by atoms with Crippen LogP contribution < -0.4 is 10.6 Å². The second-order valence-corrected chi connectivity index (χ2v) is 8.56. The van der Waals surface area contributed by atoms with E-state index in [0.717, 1.165) is 5.56 Å².